The summed E-state index contributed by atoms with van der Waals surface area (Å²) in [5, 5.41) is 12.6. The Labute approximate surface area is 122 Å². The van der Waals surface area contributed by atoms with Crippen molar-refractivity contribution in [2.24, 2.45) is 0 Å². The van der Waals surface area contributed by atoms with E-state index < -0.39 is 5.91 Å². The van der Waals surface area contributed by atoms with E-state index in [1.54, 1.807) is 37.5 Å². The second kappa shape index (κ2) is 6.26. The van der Waals surface area contributed by atoms with Crippen molar-refractivity contribution in [1.29, 1.82) is 0 Å². The molecule has 2 rings (SSSR count). The van der Waals surface area contributed by atoms with Gasteiger partial charge in [0.1, 0.15) is 11.3 Å². The molecule has 1 aromatic carbocycles. The molecule has 1 aliphatic heterocycles. The van der Waals surface area contributed by atoms with Gasteiger partial charge in [0.05, 0.1) is 12.8 Å². The molecule has 0 radical (unpaired) electrons. The number of carbonyl (C=O) groups excluding carboxylic acids is 2. The molecule has 0 bridgehead atoms. The first-order valence-corrected chi connectivity index (χ1v) is 6.70. The molecule has 1 amide bonds. The predicted molar refractivity (Wildman–Crippen MR) is 78.7 cm³/mol. The molecule has 0 aromatic heterocycles. The lowest BCUT2D eigenvalue weighted by Crippen LogP contribution is -2.20. The van der Waals surface area contributed by atoms with Gasteiger partial charge in [-0.1, -0.05) is 19.1 Å². The zero-order chi connectivity index (χ0) is 15.4. The maximum atomic E-state index is 11.8. The Morgan fingerprint density at radius 3 is 2.86 bits per heavy atom. The highest BCUT2D eigenvalue weighted by atomic mass is 16.5. The molecule has 0 saturated carbocycles. The number of benzene rings is 1. The Bertz CT molecular complexity index is 643. The summed E-state index contributed by atoms with van der Waals surface area (Å²) < 4.78 is 5.11. The Morgan fingerprint density at radius 1 is 1.43 bits per heavy atom. The first kappa shape index (κ1) is 14.8. The zero-order valence-electron chi connectivity index (χ0n) is 12.0. The number of methoxy groups -OCH3 is 1. The largest absolute Gasteiger partial charge is 0.505 e. The minimum Gasteiger partial charge on any atom is -0.505 e. The molecule has 5 nitrogen and oxygen atoms in total. The molecule has 0 spiro atoms. The minimum atomic E-state index is -0.555. The van der Waals surface area contributed by atoms with Crippen LogP contribution in [0.25, 0.3) is 6.08 Å². The van der Waals surface area contributed by atoms with Crippen molar-refractivity contribution < 1.29 is 19.4 Å². The van der Waals surface area contributed by atoms with Crippen LogP contribution in [0.1, 0.15) is 25.3 Å². The van der Waals surface area contributed by atoms with Crippen LogP contribution < -0.4 is 10.1 Å². The number of aliphatic hydroxyl groups is 1. The van der Waals surface area contributed by atoms with Gasteiger partial charge in [0.2, 0.25) is 0 Å². The lowest BCUT2D eigenvalue weighted by Gasteiger charge is -2.02. The van der Waals surface area contributed by atoms with Crippen LogP contribution in [0.4, 0.5) is 0 Å². The molecular weight excluding hydrogens is 270 g/mol. The molecule has 1 heterocycles. The van der Waals surface area contributed by atoms with Gasteiger partial charge in [-0.25, -0.2) is 0 Å². The van der Waals surface area contributed by atoms with Crippen molar-refractivity contribution >= 4 is 17.8 Å². The monoisotopic (exact) mass is 287 g/mol. The van der Waals surface area contributed by atoms with Gasteiger partial charge in [0.15, 0.2) is 11.5 Å². The molecule has 110 valence electrons. The molecule has 0 unspecified atom stereocenters. The van der Waals surface area contributed by atoms with Gasteiger partial charge in [0.25, 0.3) is 5.91 Å². The summed E-state index contributed by atoms with van der Waals surface area (Å²) in [6, 6.07) is 7.16. The Morgan fingerprint density at radius 2 is 2.19 bits per heavy atom. The number of hydrogen-bond acceptors (Lipinski definition) is 4. The maximum absolute atomic E-state index is 11.8. The Hall–Kier alpha value is -2.56. The first-order chi connectivity index (χ1) is 10.1. The van der Waals surface area contributed by atoms with Gasteiger partial charge in [-0.05, 0) is 30.2 Å². The van der Waals surface area contributed by atoms with E-state index >= 15 is 0 Å². The SMILES string of the molecule is CCCC(=O)C1=C(O)/C(=C/c2cccc(OC)c2)NC1=O. The molecule has 0 saturated heterocycles. The summed E-state index contributed by atoms with van der Waals surface area (Å²) in [5.74, 6) is -0.526. The van der Waals surface area contributed by atoms with Crippen LogP contribution in [0.5, 0.6) is 5.75 Å². The van der Waals surface area contributed by atoms with Crippen molar-refractivity contribution in [3.8, 4) is 5.75 Å². The van der Waals surface area contributed by atoms with E-state index in [-0.39, 0.29) is 29.2 Å². The fourth-order valence-corrected chi connectivity index (χ4v) is 2.10. The number of carbonyl (C=O) groups is 2. The fourth-order valence-electron chi connectivity index (χ4n) is 2.10. The van der Waals surface area contributed by atoms with Crippen LogP contribution in [0.2, 0.25) is 0 Å². The van der Waals surface area contributed by atoms with Crippen LogP contribution in [0.3, 0.4) is 0 Å². The number of amides is 1. The third-order valence-corrected chi connectivity index (χ3v) is 3.13. The highest BCUT2D eigenvalue weighted by molar-refractivity contribution is 6.22. The van der Waals surface area contributed by atoms with Crippen LogP contribution in [0, 0.1) is 0 Å². The second-order valence-electron chi connectivity index (χ2n) is 4.69. The van der Waals surface area contributed by atoms with Crippen molar-refractivity contribution in [2.75, 3.05) is 7.11 Å². The van der Waals surface area contributed by atoms with E-state index in [0.29, 0.717) is 12.2 Å². The molecule has 21 heavy (non-hydrogen) atoms. The number of aliphatic hydroxyl groups excluding tert-OH is 1. The quantitative estimate of drug-likeness (QED) is 0.815. The molecule has 0 aliphatic carbocycles. The van der Waals surface area contributed by atoms with Gasteiger partial charge in [-0.15, -0.1) is 0 Å². The number of Topliss-reactive ketones (excluding diaryl/α,β-unsaturated/α-hetero) is 1. The molecule has 5 heteroatoms. The van der Waals surface area contributed by atoms with E-state index in [1.165, 1.54) is 0 Å². The van der Waals surface area contributed by atoms with Gasteiger partial charge in [-0.3, -0.25) is 9.59 Å². The summed E-state index contributed by atoms with van der Waals surface area (Å²) in [7, 11) is 1.56. The van der Waals surface area contributed by atoms with Gasteiger partial charge in [0, 0.05) is 6.42 Å². The number of nitrogens with one attached hydrogen (secondary N) is 1. The van der Waals surface area contributed by atoms with Crippen LogP contribution in [-0.2, 0) is 9.59 Å². The highest BCUT2D eigenvalue weighted by Crippen LogP contribution is 2.23. The third kappa shape index (κ3) is 3.13. The molecule has 1 aromatic rings. The smallest absolute Gasteiger partial charge is 0.263 e. The Balaban J connectivity index is 2.34. The number of ether oxygens (including phenoxy) is 1. The summed E-state index contributed by atoms with van der Waals surface area (Å²) >= 11 is 0. The lowest BCUT2D eigenvalue weighted by molar-refractivity contribution is -0.121. The molecular formula is C16H17NO4. The van der Waals surface area contributed by atoms with Crippen molar-refractivity contribution in [2.45, 2.75) is 19.8 Å². The molecule has 0 fully saturated rings. The average molecular weight is 287 g/mol. The van der Waals surface area contributed by atoms with Gasteiger partial charge >= 0.3 is 0 Å². The summed E-state index contributed by atoms with van der Waals surface area (Å²) in [4.78, 5) is 23.6. The molecule has 2 N–H and O–H groups in total. The van der Waals surface area contributed by atoms with Crippen molar-refractivity contribution in [3.63, 3.8) is 0 Å². The third-order valence-electron chi connectivity index (χ3n) is 3.13. The van der Waals surface area contributed by atoms with Crippen LogP contribution in [-0.4, -0.2) is 23.9 Å². The number of rotatable bonds is 5. The summed E-state index contributed by atoms with van der Waals surface area (Å²) in [6.07, 6.45) is 2.46. The normalized spacial score (nSPS) is 16.3. The zero-order valence-corrected chi connectivity index (χ0v) is 12.0. The highest BCUT2D eigenvalue weighted by Gasteiger charge is 2.31. The number of hydrogen-bond donors (Lipinski definition) is 2. The molecule has 1 aliphatic rings. The van der Waals surface area contributed by atoms with E-state index in [9.17, 15) is 14.7 Å². The summed E-state index contributed by atoms with van der Waals surface area (Å²) in [6.45, 7) is 1.84. The van der Waals surface area contributed by atoms with Crippen molar-refractivity contribution in [3.05, 3.63) is 46.9 Å². The van der Waals surface area contributed by atoms with Crippen molar-refractivity contribution in [1.82, 2.24) is 5.32 Å². The van der Waals surface area contributed by atoms with Crippen LogP contribution in [0.15, 0.2) is 41.3 Å². The maximum Gasteiger partial charge on any atom is 0.263 e. The topological polar surface area (TPSA) is 75.6 Å². The fraction of sp³-hybridized carbons (Fsp3) is 0.250. The molecule has 0 atom stereocenters. The lowest BCUT2D eigenvalue weighted by atomic mass is 10.1. The van der Waals surface area contributed by atoms with E-state index in [4.69, 9.17) is 4.74 Å². The Kier molecular flexibility index (Phi) is 4.42. The summed E-state index contributed by atoms with van der Waals surface area (Å²) in [5.41, 5.74) is 0.819. The average Bonchev–Trinajstić information content (AvgIpc) is 2.74. The number of ketones is 1. The van der Waals surface area contributed by atoms with E-state index in [1.807, 2.05) is 6.92 Å². The first-order valence-electron chi connectivity index (χ1n) is 6.70. The van der Waals surface area contributed by atoms with Gasteiger partial charge < -0.3 is 15.2 Å². The van der Waals surface area contributed by atoms with Crippen LogP contribution >= 0.6 is 0 Å². The standard InChI is InChI=1S/C16H17NO4/c1-3-5-13(18)14-15(19)12(17-16(14)20)9-10-6-4-7-11(8-10)21-2/h4,6-9,19H,3,5H2,1-2H3,(H,17,20)/b12-9-. The minimum absolute atomic E-state index is 0.161. The van der Waals surface area contributed by atoms with E-state index in [2.05, 4.69) is 5.32 Å². The van der Waals surface area contributed by atoms with Gasteiger partial charge in [-0.2, -0.15) is 0 Å². The predicted octanol–water partition coefficient (Wildman–Crippen LogP) is 2.35. The second-order valence-corrected chi connectivity index (χ2v) is 4.69. The van der Waals surface area contributed by atoms with E-state index in [0.717, 1.165) is 5.56 Å².